The quantitative estimate of drug-likeness (QED) is 0.202. The Labute approximate surface area is 161 Å². The number of benzene rings is 2. The lowest BCUT2D eigenvalue weighted by atomic mass is 9.98. The molecule has 0 radical (unpaired) electrons. The molecule has 1 unspecified atom stereocenters. The lowest BCUT2D eigenvalue weighted by Crippen LogP contribution is -2.24. The van der Waals surface area contributed by atoms with Gasteiger partial charge < -0.3 is 13.8 Å². The molecule has 0 heterocycles. The second-order valence-electron chi connectivity index (χ2n) is 6.62. The molecule has 0 N–H and O–H groups in total. The second-order valence-corrected chi connectivity index (χ2v) is 8.14. The van der Waals surface area contributed by atoms with E-state index in [2.05, 4.69) is 0 Å². The van der Waals surface area contributed by atoms with Crippen molar-refractivity contribution >= 4 is 19.5 Å². The average molecular weight is 409 g/mol. The molecule has 0 saturated carbocycles. The smallest absolute Gasteiger partial charge is 0.437 e. The number of rotatable bonds is 8. The molecule has 0 aliphatic heterocycles. The highest BCUT2D eigenvalue weighted by atomic mass is 31.2. The van der Waals surface area contributed by atoms with Crippen molar-refractivity contribution in [1.82, 2.24) is 0 Å². The van der Waals surface area contributed by atoms with Crippen LogP contribution < -0.4 is 9.05 Å². The molecular weight excluding hydrogens is 389 g/mol. The molecule has 150 valence electrons. The molecule has 2 aromatic carbocycles. The first kappa shape index (κ1) is 21.4. The van der Waals surface area contributed by atoms with E-state index in [-0.39, 0.29) is 17.2 Å². The molecule has 0 aliphatic carbocycles. The zero-order valence-corrected chi connectivity index (χ0v) is 16.5. The Morgan fingerprint density at radius 2 is 1.54 bits per heavy atom. The summed E-state index contributed by atoms with van der Waals surface area (Å²) < 4.78 is 33.7. The van der Waals surface area contributed by atoms with Crippen LogP contribution in [0.3, 0.4) is 0 Å². The molecule has 1 atom stereocenters. The van der Waals surface area contributed by atoms with Crippen LogP contribution in [-0.2, 0) is 18.6 Å². The minimum atomic E-state index is -4.26. The van der Waals surface area contributed by atoms with E-state index >= 15 is 0 Å². The third-order valence-electron chi connectivity index (χ3n) is 3.24. The molecule has 9 nitrogen and oxygen atoms in total. The largest absolute Gasteiger partial charge is 0.590 e. The number of ether oxygens (including phenoxy) is 1. The first-order valence-electron chi connectivity index (χ1n) is 8.19. The van der Waals surface area contributed by atoms with Crippen molar-refractivity contribution in [3.8, 4) is 11.5 Å². The van der Waals surface area contributed by atoms with E-state index in [1.54, 1.807) is 39.0 Å². The molecule has 0 bridgehead atoms. The van der Waals surface area contributed by atoms with Crippen LogP contribution in [0.15, 0.2) is 54.6 Å². The summed E-state index contributed by atoms with van der Waals surface area (Å²) in [4.78, 5) is 22.0. The number of esters is 1. The minimum Gasteiger partial charge on any atom is -0.437 e. The van der Waals surface area contributed by atoms with Gasteiger partial charge in [0.25, 0.3) is 5.69 Å². The summed E-state index contributed by atoms with van der Waals surface area (Å²) in [6.45, 7) is 4.31. The third kappa shape index (κ3) is 6.37. The Bertz CT molecular complexity index is 861. The van der Waals surface area contributed by atoms with Gasteiger partial charge in [-0.2, -0.15) is 0 Å². The highest BCUT2D eigenvalue weighted by Gasteiger charge is 2.33. The number of phosphoric ester groups is 1. The standard InChI is InChI=1S/C18H20NO8P/c1-18(2,3)17(20)24-13-25-28(23,26-15-7-5-4-6-8-15)27-16-11-9-14(10-12-16)19(21)22/h4-12H,13H2,1-3H3. The first-order valence-corrected chi connectivity index (χ1v) is 9.66. The third-order valence-corrected chi connectivity index (χ3v) is 4.53. The van der Waals surface area contributed by atoms with E-state index in [1.807, 2.05) is 0 Å². The van der Waals surface area contributed by atoms with E-state index in [4.69, 9.17) is 18.3 Å². The molecule has 0 spiro atoms. The van der Waals surface area contributed by atoms with E-state index in [0.29, 0.717) is 0 Å². The molecule has 0 amide bonds. The highest BCUT2D eigenvalue weighted by molar-refractivity contribution is 7.49. The summed E-state index contributed by atoms with van der Waals surface area (Å²) in [7, 11) is -4.26. The number of hydrogen-bond donors (Lipinski definition) is 0. The van der Waals surface area contributed by atoms with Gasteiger partial charge in [-0.25, -0.2) is 9.09 Å². The monoisotopic (exact) mass is 409 g/mol. The summed E-state index contributed by atoms with van der Waals surface area (Å²) in [6.07, 6.45) is 0. The van der Waals surface area contributed by atoms with Crippen molar-refractivity contribution in [2.24, 2.45) is 5.41 Å². The number of non-ortho nitro benzene ring substituents is 1. The van der Waals surface area contributed by atoms with Crippen LogP contribution in [0.1, 0.15) is 20.8 Å². The number of para-hydroxylation sites is 1. The molecule has 2 rings (SSSR count). The summed E-state index contributed by atoms with van der Waals surface area (Å²) in [5.74, 6) is -0.337. The summed E-state index contributed by atoms with van der Waals surface area (Å²) in [6, 6.07) is 13.0. The van der Waals surface area contributed by atoms with Gasteiger partial charge in [0.15, 0.2) is 0 Å². The zero-order chi connectivity index (χ0) is 20.8. The molecule has 0 aromatic heterocycles. The van der Waals surface area contributed by atoms with Crippen LogP contribution in [0.5, 0.6) is 11.5 Å². The topological polar surface area (TPSA) is 114 Å². The maximum absolute atomic E-state index is 13.0. The minimum absolute atomic E-state index is 0.0204. The van der Waals surface area contributed by atoms with Crippen LogP contribution in [0.2, 0.25) is 0 Å². The fourth-order valence-corrected chi connectivity index (χ4v) is 2.88. The number of nitro benzene ring substituents is 1. The SMILES string of the molecule is CC(C)(C)C(=O)OCOP(=O)(Oc1ccccc1)Oc1ccc([N+](=O)[O-])cc1. The van der Waals surface area contributed by atoms with Crippen molar-refractivity contribution in [2.45, 2.75) is 20.8 Å². The van der Waals surface area contributed by atoms with E-state index in [9.17, 15) is 19.5 Å². The van der Waals surface area contributed by atoms with E-state index in [1.165, 1.54) is 36.4 Å². The fraction of sp³-hybridized carbons (Fsp3) is 0.278. The van der Waals surface area contributed by atoms with Gasteiger partial charge in [-0.15, -0.1) is 0 Å². The van der Waals surface area contributed by atoms with Crippen LogP contribution in [0.25, 0.3) is 0 Å². The van der Waals surface area contributed by atoms with Crippen LogP contribution in [0, 0.1) is 15.5 Å². The number of carbonyl (C=O) groups is 1. The zero-order valence-electron chi connectivity index (χ0n) is 15.6. The van der Waals surface area contributed by atoms with Crippen LogP contribution in [0.4, 0.5) is 5.69 Å². The molecule has 0 aliphatic rings. The molecule has 28 heavy (non-hydrogen) atoms. The number of carbonyl (C=O) groups excluding carboxylic acids is 1. The molecule has 10 heteroatoms. The summed E-state index contributed by atoms with van der Waals surface area (Å²) in [5, 5.41) is 10.7. The molecular formula is C18H20NO8P. The predicted molar refractivity (Wildman–Crippen MR) is 99.9 cm³/mol. The maximum Gasteiger partial charge on any atom is 0.590 e. The van der Waals surface area contributed by atoms with Gasteiger partial charge in [-0.1, -0.05) is 18.2 Å². The van der Waals surface area contributed by atoms with Gasteiger partial charge in [-0.05, 0) is 45.0 Å². The summed E-state index contributed by atoms with van der Waals surface area (Å²) >= 11 is 0. The number of phosphoric acid groups is 1. The van der Waals surface area contributed by atoms with Crippen molar-refractivity contribution in [2.75, 3.05) is 6.79 Å². The normalized spacial score (nSPS) is 13.2. The molecule has 0 saturated heterocycles. The average Bonchev–Trinajstić information content (AvgIpc) is 2.62. The van der Waals surface area contributed by atoms with Gasteiger partial charge >= 0.3 is 13.8 Å². The van der Waals surface area contributed by atoms with Crippen molar-refractivity contribution in [3.63, 3.8) is 0 Å². The number of nitrogens with zero attached hydrogens (tertiary/aromatic N) is 1. The number of nitro groups is 1. The Morgan fingerprint density at radius 1 is 1.00 bits per heavy atom. The van der Waals surface area contributed by atoms with Crippen molar-refractivity contribution in [3.05, 3.63) is 64.7 Å². The van der Waals surface area contributed by atoms with Gasteiger partial charge in [-0.3, -0.25) is 14.9 Å². The Kier molecular flexibility index (Phi) is 6.77. The van der Waals surface area contributed by atoms with Gasteiger partial charge in [0.05, 0.1) is 10.3 Å². The predicted octanol–water partition coefficient (Wildman–Crippen LogP) is 4.72. The maximum atomic E-state index is 13.0. The Morgan fingerprint density at radius 3 is 2.04 bits per heavy atom. The number of hydrogen-bond acceptors (Lipinski definition) is 8. The summed E-state index contributed by atoms with van der Waals surface area (Å²) in [5.41, 5.74) is -0.932. The lowest BCUT2D eigenvalue weighted by molar-refractivity contribution is -0.384. The van der Waals surface area contributed by atoms with Gasteiger partial charge in [0.2, 0.25) is 6.79 Å². The van der Waals surface area contributed by atoms with E-state index < -0.39 is 30.9 Å². The second kappa shape index (κ2) is 8.86. The highest BCUT2D eigenvalue weighted by Crippen LogP contribution is 2.49. The van der Waals surface area contributed by atoms with Crippen LogP contribution >= 0.6 is 7.82 Å². The lowest BCUT2D eigenvalue weighted by Gasteiger charge is -2.20. The van der Waals surface area contributed by atoms with Crippen LogP contribution in [-0.4, -0.2) is 17.7 Å². The van der Waals surface area contributed by atoms with Crippen molar-refractivity contribution in [1.29, 1.82) is 0 Å². The Balaban J connectivity index is 2.14. The van der Waals surface area contributed by atoms with Crippen molar-refractivity contribution < 1.29 is 32.6 Å². The Hall–Kier alpha value is -2.90. The molecule has 0 fully saturated rings. The molecule has 2 aromatic rings. The fourth-order valence-electron chi connectivity index (χ4n) is 1.80. The van der Waals surface area contributed by atoms with Gasteiger partial charge in [0, 0.05) is 12.1 Å². The van der Waals surface area contributed by atoms with Gasteiger partial charge in [0.1, 0.15) is 11.5 Å². The first-order chi connectivity index (χ1) is 13.1. The van der Waals surface area contributed by atoms with E-state index in [0.717, 1.165) is 0 Å².